The van der Waals surface area contributed by atoms with Crippen LogP contribution in [0.15, 0.2) is 60.1 Å². The van der Waals surface area contributed by atoms with Crippen LogP contribution in [-0.2, 0) is 17.6 Å². The highest BCUT2D eigenvalue weighted by atomic mass is 32.1. The highest BCUT2D eigenvalue weighted by molar-refractivity contribution is 7.15. The molecule has 0 aromatic carbocycles. The SMILES string of the molecule is O=C(Cc1ccccn1)Nc1nnc([C@H]2CCC[C@@H](c3nnc(NC(Cc4ccccn4)=C4CCC4)s3)C2)s1. The summed E-state index contributed by atoms with van der Waals surface area (Å²) < 4.78 is 0. The van der Waals surface area contributed by atoms with Crippen LogP contribution in [0.2, 0.25) is 0 Å². The van der Waals surface area contributed by atoms with Crippen LogP contribution >= 0.6 is 22.7 Å². The van der Waals surface area contributed by atoms with Crippen molar-refractivity contribution in [3.05, 3.63) is 81.5 Å². The minimum Gasteiger partial charge on any atom is -0.333 e. The highest BCUT2D eigenvalue weighted by Gasteiger charge is 2.29. The van der Waals surface area contributed by atoms with E-state index in [1.165, 1.54) is 29.0 Å². The van der Waals surface area contributed by atoms with Gasteiger partial charge in [0.15, 0.2) is 0 Å². The molecule has 39 heavy (non-hydrogen) atoms. The van der Waals surface area contributed by atoms with Gasteiger partial charge in [0.2, 0.25) is 16.2 Å². The molecule has 11 heteroatoms. The van der Waals surface area contributed by atoms with Gasteiger partial charge in [-0.1, -0.05) is 46.8 Å². The van der Waals surface area contributed by atoms with Gasteiger partial charge in [-0.05, 0) is 62.8 Å². The predicted octanol–water partition coefficient (Wildman–Crippen LogP) is 5.89. The van der Waals surface area contributed by atoms with Gasteiger partial charge < -0.3 is 10.6 Å². The first-order chi connectivity index (χ1) is 19.2. The summed E-state index contributed by atoms with van der Waals surface area (Å²) in [6.45, 7) is 0. The number of nitrogens with one attached hydrogen (secondary N) is 2. The Morgan fingerprint density at radius 2 is 1.38 bits per heavy atom. The lowest BCUT2D eigenvalue weighted by molar-refractivity contribution is -0.115. The number of carbonyl (C=O) groups excluding carboxylic acids is 1. The maximum absolute atomic E-state index is 12.4. The van der Waals surface area contributed by atoms with Crippen LogP contribution in [0.3, 0.4) is 0 Å². The van der Waals surface area contributed by atoms with Crippen molar-refractivity contribution in [2.24, 2.45) is 0 Å². The predicted molar refractivity (Wildman–Crippen MR) is 153 cm³/mol. The first-order valence-corrected chi connectivity index (χ1v) is 15.1. The minimum absolute atomic E-state index is 0.133. The van der Waals surface area contributed by atoms with Crippen molar-refractivity contribution in [2.75, 3.05) is 10.6 Å². The van der Waals surface area contributed by atoms with Crippen molar-refractivity contribution in [2.45, 2.75) is 69.6 Å². The molecule has 2 N–H and O–H groups in total. The van der Waals surface area contributed by atoms with Gasteiger partial charge in [-0.15, -0.1) is 20.4 Å². The van der Waals surface area contributed by atoms with Crippen LogP contribution in [0, 0.1) is 0 Å². The number of nitrogens with zero attached hydrogens (tertiary/aromatic N) is 6. The molecular weight excluding hydrogens is 528 g/mol. The quantitative estimate of drug-likeness (QED) is 0.261. The van der Waals surface area contributed by atoms with E-state index in [1.807, 2.05) is 36.5 Å². The number of hydrogen-bond acceptors (Lipinski definition) is 10. The first kappa shape index (κ1) is 25.7. The minimum atomic E-state index is -0.133. The topological polar surface area (TPSA) is 118 Å². The van der Waals surface area contributed by atoms with Gasteiger partial charge in [0.1, 0.15) is 10.0 Å². The molecule has 2 aliphatic rings. The summed E-state index contributed by atoms with van der Waals surface area (Å²) in [6, 6.07) is 11.6. The second kappa shape index (κ2) is 12.1. The number of anilines is 2. The monoisotopic (exact) mass is 558 g/mol. The molecule has 200 valence electrons. The van der Waals surface area contributed by atoms with Gasteiger partial charge in [0.25, 0.3) is 0 Å². The molecular formula is C28H30N8OS2. The molecule has 6 rings (SSSR count). The Bertz CT molecular complexity index is 1430. The molecule has 0 aliphatic heterocycles. The molecule has 0 unspecified atom stereocenters. The molecule has 0 saturated heterocycles. The van der Waals surface area contributed by atoms with E-state index in [1.54, 1.807) is 17.5 Å². The molecule has 0 radical (unpaired) electrons. The lowest BCUT2D eigenvalue weighted by Gasteiger charge is -2.25. The Hall–Kier alpha value is -3.57. The van der Waals surface area contributed by atoms with Crippen LogP contribution in [0.1, 0.15) is 78.2 Å². The summed E-state index contributed by atoms with van der Waals surface area (Å²) in [5.74, 6) is 0.518. The molecule has 4 heterocycles. The largest absolute Gasteiger partial charge is 0.333 e. The molecule has 2 atom stereocenters. The summed E-state index contributed by atoms with van der Waals surface area (Å²) in [4.78, 5) is 21.1. The third-order valence-corrected chi connectivity index (χ3v) is 9.30. The Labute approximate surface area is 235 Å². The van der Waals surface area contributed by atoms with Gasteiger partial charge >= 0.3 is 0 Å². The lowest BCUT2D eigenvalue weighted by atomic mass is 9.82. The average Bonchev–Trinajstić information content (AvgIpc) is 3.59. The summed E-state index contributed by atoms with van der Waals surface area (Å²) in [7, 11) is 0. The number of hydrogen-bond donors (Lipinski definition) is 2. The number of allylic oxidation sites excluding steroid dienone is 2. The zero-order valence-electron chi connectivity index (χ0n) is 21.5. The van der Waals surface area contributed by atoms with Gasteiger partial charge in [0, 0.05) is 47.7 Å². The second-order valence-electron chi connectivity index (χ2n) is 10.1. The summed E-state index contributed by atoms with van der Waals surface area (Å²) >= 11 is 3.13. The number of amides is 1. The number of rotatable bonds is 9. The van der Waals surface area contributed by atoms with E-state index in [9.17, 15) is 4.79 Å². The molecule has 1 amide bonds. The fourth-order valence-corrected chi connectivity index (χ4v) is 6.92. The molecule has 9 nitrogen and oxygen atoms in total. The summed E-state index contributed by atoms with van der Waals surface area (Å²) in [6.07, 6.45) is 12.3. The highest BCUT2D eigenvalue weighted by Crippen LogP contribution is 2.44. The Kier molecular flexibility index (Phi) is 7.96. The molecule has 0 spiro atoms. The van der Waals surface area contributed by atoms with E-state index < -0.39 is 0 Å². The second-order valence-corrected chi connectivity index (χ2v) is 12.1. The van der Waals surface area contributed by atoms with E-state index in [2.05, 4.69) is 47.1 Å². The fraction of sp³-hybridized carbons (Fsp3) is 0.393. The third-order valence-electron chi connectivity index (χ3n) is 7.29. The van der Waals surface area contributed by atoms with Crippen LogP contribution < -0.4 is 10.6 Å². The van der Waals surface area contributed by atoms with Crippen molar-refractivity contribution in [3.63, 3.8) is 0 Å². The first-order valence-electron chi connectivity index (χ1n) is 13.4. The van der Waals surface area contributed by atoms with Gasteiger partial charge in [-0.3, -0.25) is 14.8 Å². The summed E-state index contributed by atoms with van der Waals surface area (Å²) in [5, 5.41) is 27.7. The van der Waals surface area contributed by atoms with E-state index in [0.717, 1.165) is 71.5 Å². The average molecular weight is 559 g/mol. The third kappa shape index (κ3) is 6.54. The molecule has 4 aromatic rings. The van der Waals surface area contributed by atoms with Crippen LogP contribution in [0.5, 0.6) is 0 Å². The maximum Gasteiger partial charge on any atom is 0.232 e. The smallest absolute Gasteiger partial charge is 0.232 e. The lowest BCUT2D eigenvalue weighted by Crippen LogP contribution is -2.14. The van der Waals surface area contributed by atoms with Gasteiger partial charge in [0.05, 0.1) is 6.42 Å². The molecule has 0 bridgehead atoms. The molecule has 4 aromatic heterocycles. The van der Waals surface area contributed by atoms with Crippen molar-refractivity contribution in [1.82, 2.24) is 30.4 Å². The molecule has 2 saturated carbocycles. The number of aromatic nitrogens is 6. The van der Waals surface area contributed by atoms with Crippen molar-refractivity contribution < 1.29 is 4.79 Å². The molecule has 2 aliphatic carbocycles. The van der Waals surface area contributed by atoms with Crippen LogP contribution in [0.25, 0.3) is 0 Å². The zero-order valence-corrected chi connectivity index (χ0v) is 23.2. The van der Waals surface area contributed by atoms with Gasteiger partial charge in [-0.25, -0.2) is 0 Å². The number of pyridine rings is 2. The fourth-order valence-electron chi connectivity index (χ4n) is 5.09. The Morgan fingerprint density at radius 1 is 0.769 bits per heavy atom. The van der Waals surface area contributed by atoms with E-state index in [0.29, 0.717) is 17.0 Å². The maximum atomic E-state index is 12.4. The normalized spacial score (nSPS) is 18.8. The van der Waals surface area contributed by atoms with E-state index in [-0.39, 0.29) is 12.3 Å². The van der Waals surface area contributed by atoms with Crippen molar-refractivity contribution in [1.29, 1.82) is 0 Å². The Balaban J connectivity index is 1.07. The van der Waals surface area contributed by atoms with Crippen LogP contribution in [0.4, 0.5) is 10.3 Å². The van der Waals surface area contributed by atoms with Crippen molar-refractivity contribution >= 4 is 38.8 Å². The number of carbonyl (C=O) groups is 1. The van der Waals surface area contributed by atoms with Crippen molar-refractivity contribution in [3.8, 4) is 0 Å². The van der Waals surface area contributed by atoms with Gasteiger partial charge in [-0.2, -0.15) is 0 Å². The zero-order chi connectivity index (χ0) is 26.4. The molecule has 2 fully saturated rings. The van der Waals surface area contributed by atoms with Crippen LogP contribution in [-0.4, -0.2) is 36.3 Å². The van der Waals surface area contributed by atoms with E-state index in [4.69, 9.17) is 0 Å². The summed E-state index contributed by atoms with van der Waals surface area (Å²) in [5.41, 5.74) is 4.47. The Morgan fingerprint density at radius 3 is 1.95 bits per heavy atom. The van der Waals surface area contributed by atoms with E-state index >= 15 is 0 Å². The standard InChI is InChI=1S/C28H30N8OS2/c37-24(17-22-12-2-4-14-30-22)32-28-36-34-26(39-28)20-10-6-9-19(15-20)25-33-35-27(38-25)31-23(18-7-5-8-18)16-21-11-1-3-13-29-21/h1-4,11-14,19-20H,5-10,15-17H2,(H,31,35)(H,32,36,37)/t19-,20+/m1/s1.